The van der Waals surface area contributed by atoms with Crippen molar-refractivity contribution < 1.29 is 42.9 Å². The van der Waals surface area contributed by atoms with Crippen molar-refractivity contribution in [1.29, 1.82) is 0 Å². The largest absolute Gasteiger partial charge is 0.477 e. The molecule has 0 aromatic rings. The number of nitrogens with zero attached hydrogens (tertiary/aromatic N) is 1. The van der Waals surface area contributed by atoms with Crippen LogP contribution in [0.4, 0.5) is 0 Å². The van der Waals surface area contributed by atoms with E-state index in [0.29, 0.717) is 23.9 Å². The minimum absolute atomic E-state index is 0.181. The number of hydrogen-bond acceptors (Lipinski definition) is 7. The normalized spacial score (nSPS) is 13.5. The number of quaternary nitrogens is 1. The number of hydrogen-bond donors (Lipinski definition) is 1. The Labute approximate surface area is 466 Å². The number of carbonyl (C=O) groups is 3. The molecule has 0 bridgehead atoms. The SMILES string of the molecule is CC/C=C\C/C=C\C/C=C\C/C=C\C/C=C\C/C=C\C/C=C\C/C=C\C/C=C\CCCCCCCCCC(=O)OC(COC(=O)CCCCCCCCCCCCCCCCCC)COC(OCC[N+](C)(C)C)C(=O)O. The minimum Gasteiger partial charge on any atom is -0.477 e. The molecule has 0 fully saturated rings. The summed E-state index contributed by atoms with van der Waals surface area (Å²) in [4.78, 5) is 37.4. The van der Waals surface area contributed by atoms with Gasteiger partial charge in [-0.15, -0.1) is 0 Å². The van der Waals surface area contributed by atoms with E-state index in [1.807, 2.05) is 21.1 Å². The number of ether oxygens (including phenoxy) is 4. The van der Waals surface area contributed by atoms with Gasteiger partial charge < -0.3 is 28.5 Å². The van der Waals surface area contributed by atoms with Gasteiger partial charge in [-0.05, 0) is 83.5 Å². The Morgan fingerprint density at radius 2 is 0.750 bits per heavy atom. The van der Waals surface area contributed by atoms with Crippen LogP contribution in [0.3, 0.4) is 0 Å². The van der Waals surface area contributed by atoms with Crippen molar-refractivity contribution in [3.63, 3.8) is 0 Å². The fourth-order valence-electron chi connectivity index (χ4n) is 8.12. The highest BCUT2D eigenvalue weighted by Crippen LogP contribution is 2.16. The summed E-state index contributed by atoms with van der Waals surface area (Å²) >= 11 is 0. The van der Waals surface area contributed by atoms with Crippen LogP contribution in [0.15, 0.2) is 109 Å². The Balaban J connectivity index is 4.23. The van der Waals surface area contributed by atoms with Crippen LogP contribution in [-0.4, -0.2) is 87.4 Å². The van der Waals surface area contributed by atoms with Gasteiger partial charge in [-0.2, -0.15) is 0 Å². The molecule has 0 rings (SSSR count). The van der Waals surface area contributed by atoms with Crippen LogP contribution in [0.1, 0.15) is 239 Å². The number of esters is 2. The van der Waals surface area contributed by atoms with Crippen molar-refractivity contribution in [3.8, 4) is 0 Å². The summed E-state index contributed by atoms with van der Waals surface area (Å²) in [7, 11) is 5.96. The smallest absolute Gasteiger partial charge is 0.361 e. The van der Waals surface area contributed by atoms with Gasteiger partial charge in [0.25, 0.3) is 6.29 Å². The molecule has 0 aliphatic heterocycles. The Bertz CT molecular complexity index is 1610. The predicted octanol–water partition coefficient (Wildman–Crippen LogP) is 18.3. The summed E-state index contributed by atoms with van der Waals surface area (Å²) in [5.74, 6) is -2.02. The van der Waals surface area contributed by atoms with Gasteiger partial charge in [-0.1, -0.05) is 252 Å². The highest BCUT2D eigenvalue weighted by Gasteiger charge is 2.25. The molecule has 0 aromatic carbocycles. The molecule has 9 nitrogen and oxygen atoms in total. The predicted molar refractivity (Wildman–Crippen MR) is 322 cm³/mol. The first kappa shape index (κ1) is 72.0. The molecule has 0 radical (unpaired) electrons. The Hall–Kier alpha value is -4.05. The number of allylic oxidation sites excluding steroid dienone is 18. The lowest BCUT2D eigenvalue weighted by Gasteiger charge is -2.25. The average Bonchev–Trinajstić information content (AvgIpc) is 3.39. The average molecular weight is 1060 g/mol. The van der Waals surface area contributed by atoms with Gasteiger partial charge in [0, 0.05) is 12.8 Å². The lowest BCUT2D eigenvalue weighted by atomic mass is 10.0. The van der Waals surface area contributed by atoms with Crippen LogP contribution in [-0.2, 0) is 33.3 Å². The molecule has 9 heteroatoms. The molecule has 76 heavy (non-hydrogen) atoms. The molecular weight excluding hydrogens is 947 g/mol. The fourth-order valence-corrected chi connectivity index (χ4v) is 8.12. The van der Waals surface area contributed by atoms with Gasteiger partial charge in [0.05, 0.1) is 34.4 Å². The van der Waals surface area contributed by atoms with E-state index in [0.717, 1.165) is 103 Å². The van der Waals surface area contributed by atoms with E-state index in [-0.39, 0.29) is 32.2 Å². The van der Waals surface area contributed by atoms with Crippen LogP contribution >= 0.6 is 0 Å². The Kier molecular flexibility index (Phi) is 54.1. The topological polar surface area (TPSA) is 108 Å². The second-order valence-corrected chi connectivity index (χ2v) is 21.3. The molecular formula is C67H114NO8+. The standard InChI is InChI=1S/C67H113NO8/c1-6-8-10-12-14-16-18-20-22-24-25-26-27-28-29-30-31-32-33-34-35-36-37-38-39-40-41-42-44-46-48-50-52-54-56-58-65(70)76-63(62-75-67(66(71)72)73-60-59-68(3,4)5)61-74-64(69)57-55-53-51-49-47-45-43-23-21-19-17-15-13-11-9-7-2/h8,10,14,16,20,22,25-26,28-29,31-32,34-35,37-38,40-41,63,67H,6-7,9,11-13,15,17-19,21,23-24,27,30,33,36,39,42-62H2,1-5H3/p+1/b10-8-,16-14-,22-20-,26-25-,29-28-,32-31-,35-34-,38-37-,41-40-. The lowest BCUT2D eigenvalue weighted by Crippen LogP contribution is -2.40. The maximum Gasteiger partial charge on any atom is 0.361 e. The van der Waals surface area contributed by atoms with Crippen LogP contribution < -0.4 is 0 Å². The van der Waals surface area contributed by atoms with Crippen molar-refractivity contribution in [1.82, 2.24) is 0 Å². The van der Waals surface area contributed by atoms with Crippen LogP contribution in [0.25, 0.3) is 0 Å². The van der Waals surface area contributed by atoms with Gasteiger partial charge in [0.1, 0.15) is 13.2 Å². The quantitative estimate of drug-likeness (QED) is 0.0211. The fraction of sp³-hybridized carbons (Fsp3) is 0.687. The van der Waals surface area contributed by atoms with Crippen LogP contribution in [0.5, 0.6) is 0 Å². The number of rotatable bonds is 55. The van der Waals surface area contributed by atoms with Crippen molar-refractivity contribution in [3.05, 3.63) is 109 Å². The second kappa shape index (κ2) is 57.1. The Morgan fingerprint density at radius 3 is 1.12 bits per heavy atom. The maximum atomic E-state index is 12.9. The molecule has 434 valence electrons. The Morgan fingerprint density at radius 1 is 0.408 bits per heavy atom. The molecule has 0 amide bonds. The number of carboxylic acids is 1. The number of unbranched alkanes of at least 4 members (excludes halogenated alkanes) is 22. The van der Waals surface area contributed by atoms with E-state index in [1.54, 1.807) is 0 Å². The van der Waals surface area contributed by atoms with Crippen molar-refractivity contribution in [2.45, 2.75) is 251 Å². The molecule has 2 atom stereocenters. The summed E-state index contributed by atoms with van der Waals surface area (Å²) in [6, 6.07) is 0. The van der Waals surface area contributed by atoms with Crippen LogP contribution in [0, 0.1) is 0 Å². The van der Waals surface area contributed by atoms with Crippen molar-refractivity contribution in [2.75, 3.05) is 47.5 Å². The van der Waals surface area contributed by atoms with Crippen LogP contribution in [0.2, 0.25) is 0 Å². The van der Waals surface area contributed by atoms with Crippen molar-refractivity contribution >= 4 is 17.9 Å². The summed E-state index contributed by atoms with van der Waals surface area (Å²) in [5, 5.41) is 9.70. The minimum atomic E-state index is -1.52. The summed E-state index contributed by atoms with van der Waals surface area (Å²) in [5.41, 5.74) is 0. The first-order valence-corrected chi connectivity index (χ1v) is 30.6. The summed E-state index contributed by atoms with van der Waals surface area (Å²) in [6.07, 6.45) is 76.0. The third-order valence-corrected chi connectivity index (χ3v) is 12.8. The van der Waals surface area contributed by atoms with Crippen molar-refractivity contribution in [2.24, 2.45) is 0 Å². The monoisotopic (exact) mass is 1060 g/mol. The first-order valence-electron chi connectivity index (χ1n) is 30.6. The third-order valence-electron chi connectivity index (χ3n) is 12.8. The second-order valence-electron chi connectivity index (χ2n) is 21.3. The molecule has 0 aliphatic rings. The van der Waals surface area contributed by atoms with E-state index >= 15 is 0 Å². The van der Waals surface area contributed by atoms with Gasteiger partial charge >= 0.3 is 17.9 Å². The number of carbonyl (C=O) groups excluding carboxylic acids is 2. The maximum absolute atomic E-state index is 12.9. The summed E-state index contributed by atoms with van der Waals surface area (Å²) < 4.78 is 22.9. The van der Waals surface area contributed by atoms with Gasteiger partial charge in [-0.25, -0.2) is 4.79 Å². The highest BCUT2D eigenvalue weighted by molar-refractivity contribution is 5.71. The van der Waals surface area contributed by atoms with E-state index in [2.05, 4.69) is 123 Å². The molecule has 1 N–H and O–H groups in total. The van der Waals surface area contributed by atoms with E-state index in [9.17, 15) is 19.5 Å². The molecule has 0 saturated carbocycles. The summed E-state index contributed by atoms with van der Waals surface area (Å²) in [6.45, 7) is 4.75. The van der Waals surface area contributed by atoms with E-state index in [4.69, 9.17) is 18.9 Å². The van der Waals surface area contributed by atoms with Gasteiger partial charge in [0.15, 0.2) is 6.10 Å². The molecule has 0 heterocycles. The number of carboxylic acid groups (broad SMARTS) is 1. The zero-order chi connectivity index (χ0) is 55.5. The van der Waals surface area contributed by atoms with Gasteiger partial charge in [-0.3, -0.25) is 9.59 Å². The zero-order valence-corrected chi connectivity index (χ0v) is 49.4. The van der Waals surface area contributed by atoms with E-state index in [1.165, 1.54) is 103 Å². The zero-order valence-electron chi connectivity index (χ0n) is 49.4. The molecule has 2 unspecified atom stereocenters. The number of likely N-dealkylation sites (N-methyl/N-ethyl adjacent to an activating group) is 1. The highest BCUT2D eigenvalue weighted by atomic mass is 16.7. The van der Waals surface area contributed by atoms with Gasteiger partial charge in [0.2, 0.25) is 0 Å². The molecule has 0 spiro atoms. The number of aliphatic carboxylic acids is 1. The molecule has 0 saturated heterocycles. The van der Waals surface area contributed by atoms with E-state index < -0.39 is 24.3 Å². The molecule has 0 aromatic heterocycles. The first-order chi connectivity index (χ1) is 37.1. The molecule has 0 aliphatic carbocycles. The lowest BCUT2D eigenvalue weighted by molar-refractivity contribution is -0.870. The third kappa shape index (κ3) is 57.7.